The van der Waals surface area contributed by atoms with Gasteiger partial charge in [0, 0.05) is 0 Å². The Morgan fingerprint density at radius 3 is 2.30 bits per heavy atom. The van der Waals surface area contributed by atoms with Crippen molar-refractivity contribution < 1.29 is 19.2 Å². The molecular weight excluding hydrogens is 320 g/mol. The number of carbonyl (C=O) groups is 4. The molecule has 2 heterocycles. The summed E-state index contributed by atoms with van der Waals surface area (Å²) in [4.78, 5) is 49.3. The highest BCUT2D eigenvalue weighted by molar-refractivity contribution is 6.42. The fraction of sp³-hybridized carbons (Fsp3) is 0. The maximum Gasteiger partial charge on any atom is 0.267 e. The van der Waals surface area contributed by atoms with Gasteiger partial charge in [-0.3, -0.25) is 24.5 Å². The molecule has 2 aliphatic heterocycles. The van der Waals surface area contributed by atoms with Gasteiger partial charge in [-0.2, -0.15) is 0 Å². The summed E-state index contributed by atoms with van der Waals surface area (Å²) in [6.45, 7) is 0. The summed E-state index contributed by atoms with van der Waals surface area (Å²) in [6, 6.07) is 8.85. The highest BCUT2D eigenvalue weighted by Crippen LogP contribution is 2.33. The molecule has 1 N–H and O–H groups in total. The summed E-state index contributed by atoms with van der Waals surface area (Å²) < 4.78 is 0. The van der Waals surface area contributed by atoms with Gasteiger partial charge in [-0.25, -0.2) is 4.90 Å². The maximum absolute atomic E-state index is 12.5. The van der Waals surface area contributed by atoms with E-state index >= 15 is 0 Å². The van der Waals surface area contributed by atoms with E-state index in [9.17, 15) is 19.2 Å². The average Bonchev–Trinajstić information content (AvgIpc) is 2.95. The zero-order valence-electron chi connectivity index (χ0n) is 11.4. The SMILES string of the molecule is O=C1NC(=O)c2cc(N3C(=O)c4cccc(Cl)c4C3=O)ccc21. The van der Waals surface area contributed by atoms with Crippen LogP contribution in [0.3, 0.4) is 0 Å². The number of rotatable bonds is 1. The van der Waals surface area contributed by atoms with Gasteiger partial charge in [-0.15, -0.1) is 0 Å². The molecule has 0 aromatic heterocycles. The molecule has 0 saturated carbocycles. The normalized spacial score (nSPS) is 15.8. The van der Waals surface area contributed by atoms with E-state index in [2.05, 4.69) is 5.32 Å². The minimum Gasteiger partial charge on any atom is -0.288 e. The second-order valence-electron chi connectivity index (χ2n) is 5.12. The second kappa shape index (κ2) is 4.50. The fourth-order valence-electron chi connectivity index (χ4n) is 2.77. The van der Waals surface area contributed by atoms with Gasteiger partial charge in [-0.1, -0.05) is 17.7 Å². The first kappa shape index (κ1) is 13.7. The van der Waals surface area contributed by atoms with Crippen LogP contribution < -0.4 is 10.2 Å². The molecule has 112 valence electrons. The lowest BCUT2D eigenvalue weighted by atomic mass is 10.1. The van der Waals surface area contributed by atoms with Crippen LogP contribution in [0.25, 0.3) is 0 Å². The Labute approximate surface area is 134 Å². The van der Waals surface area contributed by atoms with Crippen molar-refractivity contribution in [1.82, 2.24) is 5.32 Å². The standard InChI is InChI=1S/C16H7ClN2O4/c17-11-3-1-2-9-12(11)16(23)19(15(9)22)7-4-5-8-10(6-7)14(21)18-13(8)20/h1-6H,(H,18,20,21). The summed E-state index contributed by atoms with van der Waals surface area (Å²) in [6.07, 6.45) is 0. The van der Waals surface area contributed by atoms with Crippen LogP contribution in [0, 0.1) is 0 Å². The minimum atomic E-state index is -0.555. The molecule has 4 amide bonds. The highest BCUT2D eigenvalue weighted by Gasteiger charge is 2.39. The number of nitrogens with zero attached hydrogens (tertiary/aromatic N) is 1. The number of fused-ring (bicyclic) bond motifs is 2. The highest BCUT2D eigenvalue weighted by atomic mass is 35.5. The van der Waals surface area contributed by atoms with E-state index in [-0.39, 0.29) is 33.0 Å². The lowest BCUT2D eigenvalue weighted by molar-refractivity contribution is 0.0873. The molecule has 6 nitrogen and oxygen atoms in total. The van der Waals surface area contributed by atoms with E-state index in [1.807, 2.05) is 0 Å². The Kier molecular flexibility index (Phi) is 2.67. The van der Waals surface area contributed by atoms with Gasteiger partial charge in [0.25, 0.3) is 23.6 Å². The quantitative estimate of drug-likeness (QED) is 0.813. The van der Waals surface area contributed by atoms with Gasteiger partial charge in [0.05, 0.1) is 33.0 Å². The monoisotopic (exact) mass is 326 g/mol. The Balaban J connectivity index is 1.85. The topological polar surface area (TPSA) is 83.6 Å². The van der Waals surface area contributed by atoms with Crippen molar-refractivity contribution in [2.45, 2.75) is 0 Å². The van der Waals surface area contributed by atoms with Gasteiger partial charge in [0.15, 0.2) is 0 Å². The number of hydrogen-bond acceptors (Lipinski definition) is 4. The van der Waals surface area contributed by atoms with E-state index in [0.29, 0.717) is 0 Å². The summed E-state index contributed by atoms with van der Waals surface area (Å²) in [5.41, 5.74) is 0.920. The van der Waals surface area contributed by atoms with Crippen molar-refractivity contribution in [1.29, 1.82) is 0 Å². The van der Waals surface area contributed by atoms with E-state index in [0.717, 1.165) is 4.90 Å². The molecule has 0 bridgehead atoms. The van der Waals surface area contributed by atoms with Crippen LogP contribution in [0.4, 0.5) is 5.69 Å². The van der Waals surface area contributed by atoms with Gasteiger partial charge < -0.3 is 0 Å². The van der Waals surface area contributed by atoms with E-state index in [4.69, 9.17) is 11.6 Å². The van der Waals surface area contributed by atoms with Gasteiger partial charge in [0.1, 0.15) is 0 Å². The van der Waals surface area contributed by atoms with Crippen LogP contribution in [-0.2, 0) is 0 Å². The fourth-order valence-corrected chi connectivity index (χ4v) is 3.03. The predicted octanol–water partition coefficient (Wildman–Crippen LogP) is 2.02. The van der Waals surface area contributed by atoms with Crippen molar-refractivity contribution in [2.24, 2.45) is 0 Å². The third-order valence-corrected chi connectivity index (χ3v) is 4.16. The third-order valence-electron chi connectivity index (χ3n) is 3.84. The zero-order chi connectivity index (χ0) is 16.3. The van der Waals surface area contributed by atoms with Crippen molar-refractivity contribution in [2.75, 3.05) is 4.90 Å². The van der Waals surface area contributed by atoms with E-state index in [1.54, 1.807) is 6.07 Å². The zero-order valence-corrected chi connectivity index (χ0v) is 12.2. The molecule has 2 aromatic carbocycles. The maximum atomic E-state index is 12.5. The van der Waals surface area contributed by atoms with Crippen molar-refractivity contribution >= 4 is 40.9 Å². The average molecular weight is 327 g/mol. The summed E-state index contributed by atoms with van der Waals surface area (Å²) in [5.74, 6) is -2.12. The molecule has 0 radical (unpaired) electrons. The number of benzene rings is 2. The van der Waals surface area contributed by atoms with Crippen LogP contribution in [0.15, 0.2) is 36.4 Å². The molecule has 2 aromatic rings. The molecule has 0 unspecified atom stereocenters. The molecule has 0 saturated heterocycles. The van der Waals surface area contributed by atoms with Crippen molar-refractivity contribution in [3.05, 3.63) is 63.7 Å². The first-order chi connectivity index (χ1) is 11.0. The number of nitrogens with one attached hydrogen (secondary N) is 1. The number of amides is 4. The molecule has 7 heteroatoms. The van der Waals surface area contributed by atoms with Gasteiger partial charge in [-0.05, 0) is 30.3 Å². The third kappa shape index (κ3) is 1.75. The van der Waals surface area contributed by atoms with Crippen LogP contribution in [0.1, 0.15) is 41.4 Å². The first-order valence-corrected chi connectivity index (χ1v) is 7.04. The number of carbonyl (C=O) groups excluding carboxylic acids is 4. The van der Waals surface area contributed by atoms with Crippen LogP contribution in [-0.4, -0.2) is 23.6 Å². The Morgan fingerprint density at radius 2 is 1.57 bits per heavy atom. The number of hydrogen-bond donors (Lipinski definition) is 1. The van der Waals surface area contributed by atoms with E-state index in [1.165, 1.54) is 30.3 Å². The van der Waals surface area contributed by atoms with Crippen LogP contribution >= 0.6 is 11.6 Å². The molecule has 0 atom stereocenters. The largest absolute Gasteiger partial charge is 0.288 e. The lowest BCUT2D eigenvalue weighted by Crippen LogP contribution is -2.29. The summed E-state index contributed by atoms with van der Waals surface area (Å²) in [7, 11) is 0. The molecule has 0 aliphatic carbocycles. The van der Waals surface area contributed by atoms with Crippen molar-refractivity contribution in [3.8, 4) is 0 Å². The minimum absolute atomic E-state index is 0.134. The van der Waals surface area contributed by atoms with Gasteiger partial charge in [0.2, 0.25) is 0 Å². The summed E-state index contributed by atoms with van der Waals surface area (Å²) >= 11 is 6.01. The van der Waals surface area contributed by atoms with Crippen LogP contribution in [0.5, 0.6) is 0 Å². The van der Waals surface area contributed by atoms with Crippen LogP contribution in [0.2, 0.25) is 5.02 Å². The molecule has 0 spiro atoms. The number of halogens is 1. The first-order valence-electron chi connectivity index (χ1n) is 6.66. The Bertz CT molecular complexity index is 951. The second-order valence-corrected chi connectivity index (χ2v) is 5.53. The summed E-state index contributed by atoms with van der Waals surface area (Å²) in [5, 5.41) is 2.35. The Morgan fingerprint density at radius 1 is 0.826 bits per heavy atom. The molecule has 2 aliphatic rings. The number of imide groups is 2. The smallest absolute Gasteiger partial charge is 0.267 e. The molecular formula is C16H7ClN2O4. The predicted molar refractivity (Wildman–Crippen MR) is 80.8 cm³/mol. The number of anilines is 1. The Hall–Kier alpha value is -2.99. The lowest BCUT2D eigenvalue weighted by Gasteiger charge is -2.14. The molecule has 0 fully saturated rings. The van der Waals surface area contributed by atoms with E-state index < -0.39 is 23.6 Å². The van der Waals surface area contributed by atoms with Crippen molar-refractivity contribution in [3.63, 3.8) is 0 Å². The molecule has 4 rings (SSSR count). The molecule has 23 heavy (non-hydrogen) atoms. The van der Waals surface area contributed by atoms with Gasteiger partial charge >= 0.3 is 0 Å².